The minimum Gasteiger partial charge on any atom is -0.507 e. The SMILES string of the molecule is COc1ccc([C@@H]2COc3c(C=O)c(O)cc(OC)c3C2)c(O)c1CC=C(C)C. The fourth-order valence-corrected chi connectivity index (χ4v) is 3.68. The Kier molecular flexibility index (Phi) is 6.01. The van der Waals surface area contributed by atoms with Crippen molar-refractivity contribution in [1.82, 2.24) is 0 Å². The minimum atomic E-state index is -0.176. The van der Waals surface area contributed by atoms with E-state index in [4.69, 9.17) is 14.2 Å². The molecule has 1 heterocycles. The van der Waals surface area contributed by atoms with Gasteiger partial charge in [-0.3, -0.25) is 4.79 Å². The number of phenolic OH excluding ortho intramolecular Hbond substituents is 2. The van der Waals surface area contributed by atoms with E-state index in [9.17, 15) is 15.0 Å². The van der Waals surface area contributed by atoms with Crippen LogP contribution in [0.2, 0.25) is 0 Å². The number of rotatable bonds is 6. The topological polar surface area (TPSA) is 85.2 Å². The zero-order valence-electron chi connectivity index (χ0n) is 17.1. The van der Waals surface area contributed by atoms with Crippen molar-refractivity contribution in [3.63, 3.8) is 0 Å². The first-order valence-corrected chi connectivity index (χ1v) is 9.44. The van der Waals surface area contributed by atoms with E-state index < -0.39 is 0 Å². The number of phenols is 2. The summed E-state index contributed by atoms with van der Waals surface area (Å²) in [6, 6.07) is 5.11. The maximum atomic E-state index is 11.4. The molecule has 0 amide bonds. The maximum absolute atomic E-state index is 11.4. The van der Waals surface area contributed by atoms with E-state index in [0.29, 0.717) is 41.9 Å². The van der Waals surface area contributed by atoms with Gasteiger partial charge in [-0.15, -0.1) is 0 Å². The summed E-state index contributed by atoms with van der Waals surface area (Å²) < 4.78 is 16.7. The van der Waals surface area contributed by atoms with E-state index in [1.807, 2.05) is 32.1 Å². The summed E-state index contributed by atoms with van der Waals surface area (Å²) in [7, 11) is 3.08. The van der Waals surface area contributed by atoms with Crippen molar-refractivity contribution in [2.45, 2.75) is 32.6 Å². The van der Waals surface area contributed by atoms with Crippen LogP contribution in [-0.4, -0.2) is 37.3 Å². The lowest BCUT2D eigenvalue weighted by molar-refractivity contribution is 0.111. The van der Waals surface area contributed by atoms with Gasteiger partial charge in [0.1, 0.15) is 28.7 Å². The van der Waals surface area contributed by atoms with Gasteiger partial charge >= 0.3 is 0 Å². The van der Waals surface area contributed by atoms with Gasteiger partial charge in [0.05, 0.1) is 26.4 Å². The Morgan fingerprint density at radius 1 is 1.21 bits per heavy atom. The molecule has 0 spiro atoms. The van der Waals surface area contributed by atoms with E-state index in [2.05, 4.69) is 0 Å². The number of aldehydes is 1. The van der Waals surface area contributed by atoms with E-state index in [1.165, 1.54) is 13.2 Å². The Labute approximate surface area is 170 Å². The van der Waals surface area contributed by atoms with E-state index in [0.717, 1.165) is 16.7 Å². The van der Waals surface area contributed by atoms with Crippen LogP contribution in [0, 0.1) is 0 Å². The van der Waals surface area contributed by atoms with E-state index in [1.54, 1.807) is 7.11 Å². The molecule has 0 saturated carbocycles. The van der Waals surface area contributed by atoms with Crippen molar-refractivity contribution < 1.29 is 29.2 Å². The molecule has 6 heteroatoms. The highest BCUT2D eigenvalue weighted by atomic mass is 16.5. The first-order valence-electron chi connectivity index (χ1n) is 9.44. The highest BCUT2D eigenvalue weighted by Gasteiger charge is 2.30. The molecule has 6 nitrogen and oxygen atoms in total. The number of carbonyl (C=O) groups excluding carboxylic acids is 1. The number of fused-ring (bicyclic) bond motifs is 1. The molecular weight excluding hydrogens is 372 g/mol. The van der Waals surface area contributed by atoms with Crippen molar-refractivity contribution in [3.05, 3.63) is 52.1 Å². The van der Waals surface area contributed by atoms with Gasteiger partial charge in [0.15, 0.2) is 6.29 Å². The molecule has 2 aromatic carbocycles. The lowest BCUT2D eigenvalue weighted by Gasteiger charge is -2.29. The average molecular weight is 398 g/mol. The highest BCUT2D eigenvalue weighted by Crippen LogP contribution is 2.46. The van der Waals surface area contributed by atoms with Crippen LogP contribution in [0.4, 0.5) is 0 Å². The zero-order chi connectivity index (χ0) is 21.1. The van der Waals surface area contributed by atoms with Crippen molar-refractivity contribution >= 4 is 6.29 Å². The van der Waals surface area contributed by atoms with Gasteiger partial charge < -0.3 is 24.4 Å². The standard InChI is InChI=1S/C23H26O6/c1-13(2)5-6-16-20(27-3)8-7-15(22(16)26)14-9-17-21(28-4)10-19(25)18(11-24)23(17)29-12-14/h5,7-8,10-11,14,25-26H,6,9,12H2,1-4H3/t14-/m0/s1. The van der Waals surface area contributed by atoms with Gasteiger partial charge in [-0.1, -0.05) is 17.7 Å². The number of methoxy groups -OCH3 is 2. The van der Waals surface area contributed by atoms with Gasteiger partial charge in [-0.2, -0.15) is 0 Å². The van der Waals surface area contributed by atoms with Crippen LogP contribution in [-0.2, 0) is 12.8 Å². The fourth-order valence-electron chi connectivity index (χ4n) is 3.68. The van der Waals surface area contributed by atoms with Gasteiger partial charge in [0.25, 0.3) is 0 Å². The second-order valence-corrected chi connectivity index (χ2v) is 7.32. The third-order valence-electron chi connectivity index (χ3n) is 5.22. The fraction of sp³-hybridized carbons (Fsp3) is 0.348. The van der Waals surface area contributed by atoms with Crippen LogP contribution in [0.15, 0.2) is 29.8 Å². The summed E-state index contributed by atoms with van der Waals surface area (Å²) in [6.45, 7) is 4.28. The number of aromatic hydroxyl groups is 2. The van der Waals surface area contributed by atoms with Gasteiger partial charge in [-0.25, -0.2) is 0 Å². The van der Waals surface area contributed by atoms with Gasteiger partial charge in [0, 0.05) is 28.7 Å². The number of allylic oxidation sites excluding steroid dienone is 2. The summed E-state index contributed by atoms with van der Waals surface area (Å²) in [5, 5.41) is 21.0. The molecule has 0 saturated heterocycles. The monoisotopic (exact) mass is 398 g/mol. The molecule has 0 bridgehead atoms. The normalized spacial score (nSPS) is 15.1. The minimum absolute atomic E-state index is 0.113. The van der Waals surface area contributed by atoms with Crippen molar-refractivity contribution in [2.24, 2.45) is 0 Å². The quantitative estimate of drug-likeness (QED) is 0.562. The highest BCUT2D eigenvalue weighted by molar-refractivity contribution is 5.85. The van der Waals surface area contributed by atoms with Gasteiger partial charge in [-0.05, 0) is 32.8 Å². The molecule has 154 valence electrons. The third kappa shape index (κ3) is 3.88. The summed E-state index contributed by atoms with van der Waals surface area (Å²) in [4.78, 5) is 11.4. The molecule has 29 heavy (non-hydrogen) atoms. The predicted molar refractivity (Wildman–Crippen MR) is 110 cm³/mol. The molecule has 2 N–H and O–H groups in total. The Bertz CT molecular complexity index is 957. The van der Waals surface area contributed by atoms with Crippen LogP contribution in [0.3, 0.4) is 0 Å². The summed E-state index contributed by atoms with van der Waals surface area (Å²) >= 11 is 0. The Morgan fingerprint density at radius 3 is 2.55 bits per heavy atom. The van der Waals surface area contributed by atoms with Gasteiger partial charge in [0.2, 0.25) is 0 Å². The van der Waals surface area contributed by atoms with Crippen LogP contribution in [0.25, 0.3) is 0 Å². The van der Waals surface area contributed by atoms with E-state index >= 15 is 0 Å². The maximum Gasteiger partial charge on any atom is 0.157 e. The number of carbonyl (C=O) groups is 1. The first kappa shape index (κ1) is 20.6. The third-order valence-corrected chi connectivity index (χ3v) is 5.22. The largest absolute Gasteiger partial charge is 0.507 e. The first-order chi connectivity index (χ1) is 13.9. The molecule has 1 atom stereocenters. The second-order valence-electron chi connectivity index (χ2n) is 7.32. The molecule has 1 aliphatic heterocycles. The van der Waals surface area contributed by atoms with Crippen molar-refractivity contribution in [2.75, 3.05) is 20.8 Å². The molecular formula is C23H26O6. The molecule has 1 aliphatic rings. The van der Waals surface area contributed by atoms with Crippen molar-refractivity contribution in [1.29, 1.82) is 0 Å². The summed E-state index contributed by atoms with van der Waals surface area (Å²) in [5.41, 5.74) is 3.43. The lowest BCUT2D eigenvalue weighted by Crippen LogP contribution is -2.21. The number of benzene rings is 2. The molecule has 3 rings (SSSR count). The Balaban J connectivity index is 2.03. The lowest BCUT2D eigenvalue weighted by atomic mass is 9.86. The second kappa shape index (κ2) is 8.47. The summed E-state index contributed by atoms with van der Waals surface area (Å²) in [6.07, 6.45) is 3.68. The average Bonchev–Trinajstić information content (AvgIpc) is 2.71. The smallest absolute Gasteiger partial charge is 0.157 e. The molecule has 0 aromatic heterocycles. The van der Waals surface area contributed by atoms with Crippen LogP contribution in [0.5, 0.6) is 28.7 Å². The number of ether oxygens (including phenoxy) is 3. The van der Waals surface area contributed by atoms with Crippen molar-refractivity contribution in [3.8, 4) is 28.7 Å². The zero-order valence-corrected chi connectivity index (χ0v) is 17.1. The molecule has 2 aromatic rings. The van der Waals surface area contributed by atoms with Crippen LogP contribution >= 0.6 is 0 Å². The molecule has 0 unspecified atom stereocenters. The molecule has 0 fully saturated rings. The number of hydrogen-bond donors (Lipinski definition) is 2. The Hall–Kier alpha value is -3.15. The van der Waals surface area contributed by atoms with Crippen LogP contribution < -0.4 is 14.2 Å². The molecule has 0 radical (unpaired) electrons. The molecule has 0 aliphatic carbocycles. The van der Waals surface area contributed by atoms with Crippen LogP contribution in [0.1, 0.15) is 46.8 Å². The Morgan fingerprint density at radius 2 is 1.93 bits per heavy atom. The van der Waals surface area contributed by atoms with E-state index in [-0.39, 0.29) is 29.6 Å². The predicted octanol–water partition coefficient (Wildman–Crippen LogP) is 4.15. The number of hydrogen-bond acceptors (Lipinski definition) is 6. The summed E-state index contributed by atoms with van der Waals surface area (Å²) in [5.74, 6) is 1.29.